The van der Waals surface area contributed by atoms with E-state index in [2.05, 4.69) is 36.3 Å². The van der Waals surface area contributed by atoms with Crippen LogP contribution in [-0.2, 0) is 33.5 Å². The molecule has 4 aromatic rings. The molecule has 1 fully saturated rings. The Morgan fingerprint density at radius 2 is 1.78 bits per heavy atom. The lowest BCUT2D eigenvalue weighted by molar-refractivity contribution is -0.154. The molecule has 2 aliphatic rings. The van der Waals surface area contributed by atoms with Gasteiger partial charge in [-0.25, -0.2) is 14.6 Å². The standard InChI is InChI=1S/C38H40N8O8S4/c1-5-25(16-39-36(51)53-38(2,3)4)54-45-27(26-19-56-35(42-26)40-20-47)31(48)43-28-32(49)46-29(24(17-55-33(28)46)18-57-37-44-41-21-58-37)34(50)52-30(22-12-8-6-9-13-22)23-14-10-7-11-15-23/h6-15,19-21,25,28,30,33H,5,16-18H2,1-4H3,(H,39,51)(H,43,48)(H,40,42,47)/b45-27+/t25?,28?,33-/m1/s1. The van der Waals surface area contributed by atoms with Gasteiger partial charge < -0.3 is 30.3 Å². The maximum Gasteiger partial charge on any atom is 0.407 e. The number of hydrogen-bond donors (Lipinski definition) is 3. The normalized spacial score (nSPS) is 17.2. The third-order valence-electron chi connectivity index (χ3n) is 8.43. The first-order valence-corrected chi connectivity index (χ1v) is 21.8. The van der Waals surface area contributed by atoms with Crippen LogP contribution in [0.1, 0.15) is 57.0 Å². The average molecular weight is 865 g/mol. The Morgan fingerprint density at radius 3 is 2.40 bits per heavy atom. The molecule has 6 rings (SSSR count). The first kappa shape index (κ1) is 42.3. The number of anilines is 1. The molecule has 0 aliphatic carbocycles. The van der Waals surface area contributed by atoms with Gasteiger partial charge in [-0.05, 0) is 43.9 Å². The third kappa shape index (κ3) is 10.6. The number of thioether (sulfide) groups is 2. The molecule has 0 saturated carbocycles. The highest BCUT2D eigenvalue weighted by atomic mass is 32.2. The second kappa shape index (κ2) is 19.4. The van der Waals surface area contributed by atoms with Crippen LogP contribution >= 0.6 is 46.2 Å². The number of β-lactam (4-membered cyclic amide) rings is 1. The molecule has 16 nitrogen and oxygen atoms in total. The fourth-order valence-corrected chi connectivity index (χ4v) is 9.34. The minimum Gasteiger partial charge on any atom is -0.448 e. The van der Waals surface area contributed by atoms with Crippen molar-refractivity contribution in [3.05, 3.63) is 99.6 Å². The van der Waals surface area contributed by atoms with Crippen LogP contribution in [0, 0.1) is 0 Å². The minimum absolute atomic E-state index is 0.0217. The van der Waals surface area contributed by atoms with Gasteiger partial charge in [0.25, 0.3) is 11.8 Å². The summed E-state index contributed by atoms with van der Waals surface area (Å²) in [5, 5.41) is 21.0. The summed E-state index contributed by atoms with van der Waals surface area (Å²) < 4.78 is 12.3. The predicted octanol–water partition coefficient (Wildman–Crippen LogP) is 5.37. The number of thiazole rings is 1. The SMILES string of the molecule is CCC(CNC(=O)OC(C)(C)C)O/N=C(/C(=O)NC1C(=O)N2C(C(=O)OC(c3ccccc3)c3ccccc3)=C(CSc3nncs3)CS[C@H]12)c1csc(NC=O)n1. The second-order valence-electron chi connectivity index (χ2n) is 13.7. The fraction of sp³-hybridized carbons (Fsp3) is 0.342. The Balaban J connectivity index is 1.23. The van der Waals surface area contributed by atoms with Crippen LogP contribution in [0.3, 0.4) is 0 Å². The second-order valence-corrected chi connectivity index (χ2v) is 17.7. The molecule has 58 heavy (non-hydrogen) atoms. The highest BCUT2D eigenvalue weighted by molar-refractivity contribution is 8.01. The first-order valence-electron chi connectivity index (χ1n) is 18.0. The van der Waals surface area contributed by atoms with Gasteiger partial charge in [0.05, 0.1) is 6.54 Å². The number of nitrogens with zero attached hydrogens (tertiary/aromatic N) is 5. The number of ether oxygens (including phenoxy) is 2. The van der Waals surface area contributed by atoms with E-state index in [4.69, 9.17) is 14.3 Å². The summed E-state index contributed by atoms with van der Waals surface area (Å²) in [6.45, 7) is 7.06. The van der Waals surface area contributed by atoms with E-state index in [-0.39, 0.29) is 28.8 Å². The van der Waals surface area contributed by atoms with Gasteiger partial charge in [-0.15, -0.1) is 33.3 Å². The Hall–Kier alpha value is -5.31. The Morgan fingerprint density at radius 1 is 1.07 bits per heavy atom. The topological polar surface area (TPSA) is 203 Å². The van der Waals surface area contributed by atoms with Gasteiger partial charge >= 0.3 is 12.1 Å². The molecule has 3 N–H and O–H groups in total. The molecule has 2 unspecified atom stereocenters. The number of carbonyl (C=O) groups excluding carboxylic acids is 5. The van der Waals surface area contributed by atoms with E-state index in [1.54, 1.807) is 26.3 Å². The van der Waals surface area contributed by atoms with E-state index in [1.165, 1.54) is 45.1 Å². The van der Waals surface area contributed by atoms with Gasteiger partial charge in [-0.1, -0.05) is 95.8 Å². The zero-order valence-electron chi connectivity index (χ0n) is 31.8. The van der Waals surface area contributed by atoms with Crippen molar-refractivity contribution >= 4 is 87.3 Å². The van der Waals surface area contributed by atoms with Gasteiger partial charge in [0.15, 0.2) is 21.3 Å². The largest absolute Gasteiger partial charge is 0.448 e. The zero-order valence-corrected chi connectivity index (χ0v) is 35.0. The number of benzene rings is 2. The highest BCUT2D eigenvalue weighted by Crippen LogP contribution is 2.43. The Bertz CT molecular complexity index is 2110. The summed E-state index contributed by atoms with van der Waals surface area (Å²) in [6.07, 6.45) is -1.22. The maximum absolute atomic E-state index is 14.4. The van der Waals surface area contributed by atoms with Crippen LogP contribution < -0.4 is 16.0 Å². The monoisotopic (exact) mass is 864 g/mol. The zero-order chi connectivity index (χ0) is 41.2. The summed E-state index contributed by atoms with van der Waals surface area (Å²) in [5.41, 5.74) is 3.01. The molecule has 2 aromatic heterocycles. The Labute approximate surface area is 350 Å². The number of hydrogen-bond acceptors (Lipinski definition) is 16. The molecule has 2 aliphatic heterocycles. The average Bonchev–Trinajstić information content (AvgIpc) is 3.92. The van der Waals surface area contributed by atoms with Crippen LogP contribution in [0.25, 0.3) is 0 Å². The molecule has 1 saturated heterocycles. The molecule has 4 heterocycles. The first-order chi connectivity index (χ1) is 28.0. The maximum atomic E-state index is 14.4. The number of nitrogens with one attached hydrogen (secondary N) is 3. The summed E-state index contributed by atoms with van der Waals surface area (Å²) >= 11 is 5.21. The van der Waals surface area contributed by atoms with Crippen LogP contribution in [0.15, 0.2) is 92.3 Å². The van der Waals surface area contributed by atoms with E-state index < -0.39 is 53.1 Å². The number of alkyl carbamates (subject to hydrolysis) is 1. The summed E-state index contributed by atoms with van der Waals surface area (Å²) in [7, 11) is 0. The van der Waals surface area contributed by atoms with E-state index in [9.17, 15) is 24.0 Å². The number of rotatable bonds is 17. The summed E-state index contributed by atoms with van der Waals surface area (Å²) in [6, 6.07) is 17.6. The van der Waals surface area contributed by atoms with Crippen molar-refractivity contribution in [3.63, 3.8) is 0 Å². The molecule has 0 spiro atoms. The van der Waals surface area contributed by atoms with Gasteiger partial charge in [0, 0.05) is 16.9 Å². The quantitative estimate of drug-likeness (QED) is 0.0306. The van der Waals surface area contributed by atoms with Crippen LogP contribution in [0.2, 0.25) is 0 Å². The van der Waals surface area contributed by atoms with Crippen molar-refractivity contribution in [1.29, 1.82) is 0 Å². The smallest absolute Gasteiger partial charge is 0.407 e. The third-order valence-corrected chi connectivity index (χ3v) is 12.5. The molecule has 2 aromatic carbocycles. The van der Waals surface area contributed by atoms with Gasteiger partial charge in [-0.2, -0.15) is 0 Å². The number of carbonyl (C=O) groups is 5. The van der Waals surface area contributed by atoms with Crippen LogP contribution in [-0.4, -0.2) is 97.3 Å². The number of aromatic nitrogens is 3. The van der Waals surface area contributed by atoms with Crippen molar-refractivity contribution < 1.29 is 38.3 Å². The number of esters is 1. The number of fused-ring (bicyclic) bond motifs is 1. The van der Waals surface area contributed by atoms with Gasteiger partial charge in [-0.3, -0.25) is 19.3 Å². The Kier molecular flexibility index (Phi) is 14.2. The molecule has 20 heteroatoms. The summed E-state index contributed by atoms with van der Waals surface area (Å²) in [5.74, 6) is -1.29. The molecule has 3 atom stereocenters. The number of oxime groups is 1. The lowest BCUT2D eigenvalue weighted by atomic mass is 10.0. The van der Waals surface area contributed by atoms with Crippen LogP contribution in [0.5, 0.6) is 0 Å². The van der Waals surface area contributed by atoms with E-state index in [0.29, 0.717) is 34.2 Å². The van der Waals surface area contributed by atoms with Crippen molar-refractivity contribution in [2.24, 2.45) is 5.16 Å². The molecule has 0 radical (unpaired) electrons. The van der Waals surface area contributed by atoms with E-state index >= 15 is 0 Å². The van der Waals surface area contributed by atoms with E-state index in [0.717, 1.165) is 22.5 Å². The summed E-state index contributed by atoms with van der Waals surface area (Å²) in [4.78, 5) is 77.2. The van der Waals surface area contributed by atoms with Crippen molar-refractivity contribution in [2.45, 2.75) is 67.7 Å². The molecular weight excluding hydrogens is 825 g/mol. The van der Waals surface area contributed by atoms with Crippen molar-refractivity contribution in [2.75, 3.05) is 23.4 Å². The molecule has 304 valence electrons. The molecule has 4 amide bonds. The van der Waals surface area contributed by atoms with Crippen LogP contribution in [0.4, 0.5) is 9.93 Å². The predicted molar refractivity (Wildman–Crippen MR) is 221 cm³/mol. The minimum atomic E-state index is -1.05. The van der Waals surface area contributed by atoms with Gasteiger partial charge in [0.2, 0.25) is 6.41 Å². The van der Waals surface area contributed by atoms with E-state index in [1.807, 2.05) is 67.6 Å². The van der Waals surface area contributed by atoms with Crippen molar-refractivity contribution in [3.8, 4) is 0 Å². The molecule has 0 bridgehead atoms. The fourth-order valence-electron chi connectivity index (χ4n) is 5.71. The molecular formula is C38H40N8O8S4. The highest BCUT2D eigenvalue weighted by Gasteiger charge is 2.55. The van der Waals surface area contributed by atoms with Crippen molar-refractivity contribution in [1.82, 2.24) is 30.7 Å². The lowest BCUT2D eigenvalue weighted by Gasteiger charge is -2.49. The number of amides is 4. The van der Waals surface area contributed by atoms with Gasteiger partial charge in [0.1, 0.15) is 40.0 Å². The lowest BCUT2D eigenvalue weighted by Crippen LogP contribution is -2.71.